The summed E-state index contributed by atoms with van der Waals surface area (Å²) in [7, 11) is 0. The van der Waals surface area contributed by atoms with Crippen LogP contribution in [0, 0.1) is 17.1 Å². The molecule has 122 valence electrons. The first-order chi connectivity index (χ1) is 12.1. The van der Waals surface area contributed by atoms with E-state index in [1.54, 1.807) is 30.3 Å². The van der Waals surface area contributed by atoms with Crippen molar-refractivity contribution in [3.8, 4) is 6.07 Å². The number of carbonyl (C=O) groups excluding carboxylic acids is 1. The van der Waals surface area contributed by atoms with Crippen LogP contribution in [-0.2, 0) is 0 Å². The number of thiophene rings is 1. The summed E-state index contributed by atoms with van der Waals surface area (Å²) in [6, 6.07) is 18.1. The summed E-state index contributed by atoms with van der Waals surface area (Å²) in [5.74, 6) is -0.582. The van der Waals surface area contributed by atoms with Gasteiger partial charge >= 0.3 is 0 Å². The Balaban J connectivity index is 1.88. The van der Waals surface area contributed by atoms with Gasteiger partial charge in [-0.2, -0.15) is 5.26 Å². The van der Waals surface area contributed by atoms with Gasteiger partial charge in [0.2, 0.25) is 5.78 Å². The standard InChI is InChI=1S/C20H11ClFNOS/c21-16-5-1-13(2-6-16)11-15(12-23)18-9-10-19(25-18)20(24)14-3-7-17(22)8-4-14/h1-11H/b15-11+. The molecule has 0 bridgehead atoms. The Labute approximate surface area is 153 Å². The number of ketones is 1. The van der Waals surface area contributed by atoms with Gasteiger partial charge < -0.3 is 0 Å². The molecule has 1 aromatic heterocycles. The number of rotatable bonds is 4. The van der Waals surface area contributed by atoms with E-state index in [2.05, 4.69) is 6.07 Å². The SMILES string of the molecule is N#C/C(=C\c1ccc(Cl)cc1)c1ccc(C(=O)c2ccc(F)cc2)s1. The number of allylic oxidation sites excluding steroid dienone is 1. The van der Waals surface area contributed by atoms with Gasteiger partial charge in [0.25, 0.3) is 0 Å². The Morgan fingerprint density at radius 1 is 1.00 bits per heavy atom. The second-order valence-electron chi connectivity index (χ2n) is 5.22. The summed E-state index contributed by atoms with van der Waals surface area (Å²) >= 11 is 7.10. The van der Waals surface area contributed by atoms with E-state index in [9.17, 15) is 14.4 Å². The van der Waals surface area contributed by atoms with E-state index < -0.39 is 0 Å². The van der Waals surface area contributed by atoms with Crippen LogP contribution in [0.4, 0.5) is 4.39 Å². The number of hydrogen-bond acceptors (Lipinski definition) is 3. The fraction of sp³-hybridized carbons (Fsp3) is 0. The quantitative estimate of drug-likeness (QED) is 0.429. The van der Waals surface area contributed by atoms with E-state index in [0.717, 1.165) is 5.56 Å². The van der Waals surface area contributed by atoms with Crippen LogP contribution in [0.25, 0.3) is 11.6 Å². The number of hydrogen-bond donors (Lipinski definition) is 0. The zero-order valence-corrected chi connectivity index (χ0v) is 14.4. The lowest BCUT2D eigenvalue weighted by Gasteiger charge is -1.98. The molecule has 0 saturated heterocycles. The van der Waals surface area contributed by atoms with E-state index >= 15 is 0 Å². The first-order valence-corrected chi connectivity index (χ1v) is 8.54. The smallest absolute Gasteiger partial charge is 0.202 e. The molecule has 0 radical (unpaired) electrons. The molecule has 0 atom stereocenters. The Hall–Kier alpha value is -2.74. The van der Waals surface area contributed by atoms with Crippen molar-refractivity contribution >= 4 is 40.4 Å². The van der Waals surface area contributed by atoms with Crippen molar-refractivity contribution in [1.82, 2.24) is 0 Å². The molecule has 0 fully saturated rings. The summed E-state index contributed by atoms with van der Waals surface area (Å²) in [4.78, 5) is 13.6. The third-order valence-corrected chi connectivity index (χ3v) is 4.87. The van der Waals surface area contributed by atoms with Crippen molar-refractivity contribution in [3.63, 3.8) is 0 Å². The van der Waals surface area contributed by atoms with Crippen LogP contribution in [0.2, 0.25) is 5.02 Å². The monoisotopic (exact) mass is 367 g/mol. The van der Waals surface area contributed by atoms with Gasteiger partial charge in [-0.3, -0.25) is 4.79 Å². The van der Waals surface area contributed by atoms with E-state index in [0.29, 0.717) is 25.9 Å². The van der Waals surface area contributed by atoms with E-state index in [4.69, 9.17) is 11.6 Å². The molecule has 0 amide bonds. The van der Waals surface area contributed by atoms with Gasteiger partial charge in [0, 0.05) is 15.5 Å². The first-order valence-electron chi connectivity index (χ1n) is 7.34. The topological polar surface area (TPSA) is 40.9 Å². The highest BCUT2D eigenvalue weighted by Crippen LogP contribution is 2.27. The fourth-order valence-corrected chi connectivity index (χ4v) is 3.29. The van der Waals surface area contributed by atoms with Crippen molar-refractivity contribution in [1.29, 1.82) is 5.26 Å². The number of nitrogens with zero attached hydrogens (tertiary/aromatic N) is 1. The Morgan fingerprint density at radius 2 is 1.64 bits per heavy atom. The number of halogens is 2. The molecule has 0 aliphatic heterocycles. The third kappa shape index (κ3) is 4.03. The molecule has 2 aromatic carbocycles. The maximum Gasteiger partial charge on any atom is 0.202 e. The zero-order valence-electron chi connectivity index (χ0n) is 12.9. The van der Waals surface area contributed by atoms with Crippen molar-refractivity contribution in [2.75, 3.05) is 0 Å². The van der Waals surface area contributed by atoms with Crippen LogP contribution in [0.5, 0.6) is 0 Å². The van der Waals surface area contributed by atoms with Crippen LogP contribution in [0.3, 0.4) is 0 Å². The summed E-state index contributed by atoms with van der Waals surface area (Å²) in [6.07, 6.45) is 1.74. The highest BCUT2D eigenvalue weighted by atomic mass is 35.5. The van der Waals surface area contributed by atoms with E-state index in [1.807, 2.05) is 12.1 Å². The average Bonchev–Trinajstić information content (AvgIpc) is 3.11. The van der Waals surface area contributed by atoms with Gasteiger partial charge in [0.1, 0.15) is 11.9 Å². The van der Waals surface area contributed by atoms with Crippen LogP contribution >= 0.6 is 22.9 Å². The second kappa shape index (κ2) is 7.43. The van der Waals surface area contributed by atoms with Gasteiger partial charge in [-0.05, 0) is 60.2 Å². The van der Waals surface area contributed by atoms with Gasteiger partial charge in [0.15, 0.2) is 0 Å². The summed E-state index contributed by atoms with van der Waals surface area (Å²) in [6.45, 7) is 0. The molecule has 0 unspecified atom stereocenters. The third-order valence-electron chi connectivity index (χ3n) is 3.50. The maximum absolute atomic E-state index is 13.0. The van der Waals surface area contributed by atoms with Crippen molar-refractivity contribution in [3.05, 3.63) is 92.4 Å². The van der Waals surface area contributed by atoms with Crippen molar-refractivity contribution in [2.24, 2.45) is 0 Å². The second-order valence-corrected chi connectivity index (χ2v) is 6.74. The minimum absolute atomic E-state index is 0.194. The number of benzene rings is 2. The van der Waals surface area contributed by atoms with Crippen LogP contribution < -0.4 is 0 Å². The lowest BCUT2D eigenvalue weighted by molar-refractivity contribution is 0.104. The van der Waals surface area contributed by atoms with Gasteiger partial charge in [-0.25, -0.2) is 4.39 Å². The van der Waals surface area contributed by atoms with Crippen LogP contribution in [0.15, 0.2) is 60.7 Å². The molecule has 0 N–H and O–H groups in total. The lowest BCUT2D eigenvalue weighted by Crippen LogP contribution is -1.97. The highest BCUT2D eigenvalue weighted by molar-refractivity contribution is 7.15. The molecule has 0 aliphatic carbocycles. The zero-order chi connectivity index (χ0) is 17.8. The van der Waals surface area contributed by atoms with E-state index in [-0.39, 0.29) is 11.6 Å². The van der Waals surface area contributed by atoms with E-state index in [1.165, 1.54) is 35.6 Å². The lowest BCUT2D eigenvalue weighted by atomic mass is 10.1. The minimum Gasteiger partial charge on any atom is -0.288 e. The molecule has 0 saturated carbocycles. The molecule has 0 spiro atoms. The molecule has 2 nitrogen and oxygen atoms in total. The largest absolute Gasteiger partial charge is 0.288 e. The van der Waals surface area contributed by atoms with Gasteiger partial charge in [-0.15, -0.1) is 11.3 Å². The molecule has 5 heteroatoms. The Bertz CT molecular complexity index is 982. The van der Waals surface area contributed by atoms with Crippen molar-refractivity contribution < 1.29 is 9.18 Å². The van der Waals surface area contributed by atoms with Crippen LogP contribution in [0.1, 0.15) is 25.7 Å². The predicted molar refractivity (Wildman–Crippen MR) is 99.1 cm³/mol. The average molecular weight is 368 g/mol. The Kier molecular flexibility index (Phi) is 5.08. The fourth-order valence-electron chi connectivity index (χ4n) is 2.23. The normalized spacial score (nSPS) is 11.2. The highest BCUT2D eigenvalue weighted by Gasteiger charge is 2.14. The Morgan fingerprint density at radius 3 is 2.28 bits per heavy atom. The maximum atomic E-state index is 13.0. The van der Waals surface area contributed by atoms with Crippen LogP contribution in [-0.4, -0.2) is 5.78 Å². The molecule has 3 rings (SSSR count). The molecule has 25 heavy (non-hydrogen) atoms. The summed E-state index contributed by atoms with van der Waals surface area (Å²) < 4.78 is 13.0. The predicted octanol–water partition coefficient (Wildman–Crippen LogP) is 5.84. The molecule has 3 aromatic rings. The first kappa shape index (κ1) is 17.1. The molecular formula is C20H11ClFNOS. The van der Waals surface area contributed by atoms with Gasteiger partial charge in [0.05, 0.1) is 10.5 Å². The molecule has 0 aliphatic rings. The number of carbonyl (C=O) groups is 1. The van der Waals surface area contributed by atoms with Gasteiger partial charge in [-0.1, -0.05) is 23.7 Å². The summed E-state index contributed by atoms with van der Waals surface area (Å²) in [5.41, 5.74) is 1.72. The number of nitriles is 1. The summed E-state index contributed by atoms with van der Waals surface area (Å²) in [5, 5.41) is 10.1. The molecule has 1 heterocycles. The molecular weight excluding hydrogens is 357 g/mol. The van der Waals surface area contributed by atoms with Crippen molar-refractivity contribution in [2.45, 2.75) is 0 Å². The minimum atomic E-state index is -0.388.